The number of aliphatic hydroxyl groups is 1. The number of para-hydroxylation sites is 1. The van der Waals surface area contributed by atoms with Crippen LogP contribution >= 0.6 is 0 Å². The Morgan fingerprint density at radius 3 is 2.24 bits per heavy atom. The summed E-state index contributed by atoms with van der Waals surface area (Å²) in [6.45, 7) is -0.0116. The van der Waals surface area contributed by atoms with Crippen LogP contribution in [0.5, 0.6) is 0 Å². The summed E-state index contributed by atoms with van der Waals surface area (Å²) in [5.41, 5.74) is 2.33. The van der Waals surface area contributed by atoms with E-state index in [4.69, 9.17) is 0 Å². The number of rotatable bonds is 3. The molecule has 0 unspecified atom stereocenters. The minimum absolute atomic E-state index is 0.134. The molecule has 2 aliphatic heterocycles. The zero-order valence-electron chi connectivity index (χ0n) is 17.5. The van der Waals surface area contributed by atoms with Crippen molar-refractivity contribution in [3.05, 3.63) is 95.6 Å². The Morgan fingerprint density at radius 1 is 0.939 bits per heavy atom. The summed E-state index contributed by atoms with van der Waals surface area (Å²) < 4.78 is 26.6. The van der Waals surface area contributed by atoms with Crippen LogP contribution in [0.4, 0.5) is 25.0 Å². The molecule has 0 aliphatic carbocycles. The van der Waals surface area contributed by atoms with Gasteiger partial charge in [-0.1, -0.05) is 18.2 Å². The monoisotopic (exact) mass is 449 g/mol. The van der Waals surface area contributed by atoms with E-state index in [1.54, 1.807) is 9.80 Å². The molecule has 1 saturated heterocycles. The molecule has 168 valence electrons. The first-order valence-corrected chi connectivity index (χ1v) is 10.6. The third-order valence-corrected chi connectivity index (χ3v) is 6.35. The van der Waals surface area contributed by atoms with Gasteiger partial charge in [-0.25, -0.2) is 13.6 Å². The minimum atomic E-state index is -0.448. The van der Waals surface area contributed by atoms with Gasteiger partial charge >= 0.3 is 6.03 Å². The lowest BCUT2D eigenvalue weighted by atomic mass is 9.71. The topological polar surface area (TPSA) is 72.9 Å². The van der Waals surface area contributed by atoms with E-state index in [0.29, 0.717) is 16.9 Å². The van der Waals surface area contributed by atoms with Gasteiger partial charge in [0.1, 0.15) is 11.6 Å². The lowest BCUT2D eigenvalue weighted by Crippen LogP contribution is -2.71. The molecule has 5 rings (SSSR count). The first-order chi connectivity index (χ1) is 16.0. The molecule has 2 heterocycles. The number of nitrogens with one attached hydrogen (secondary N) is 1. The number of hydrogen-bond acceptors (Lipinski definition) is 3. The summed E-state index contributed by atoms with van der Waals surface area (Å²) in [6.07, 6.45) is 0. The molecule has 3 amide bonds. The fraction of sp³-hybridized carbons (Fsp3) is 0.200. The van der Waals surface area contributed by atoms with Crippen LogP contribution in [-0.2, 0) is 0 Å². The molecule has 6 nitrogen and oxygen atoms in total. The van der Waals surface area contributed by atoms with Crippen LogP contribution in [0.2, 0.25) is 0 Å². The van der Waals surface area contributed by atoms with Crippen molar-refractivity contribution in [2.24, 2.45) is 0 Å². The Hall–Kier alpha value is -3.78. The van der Waals surface area contributed by atoms with Crippen LogP contribution in [0.1, 0.15) is 21.8 Å². The SMILES string of the molecule is O=C(Nc1ccc(F)cc1)N1C[C@H]2[C@@H](c3ccccc31)[C@@H](CO)N2C(=O)c1ccc(F)cc1. The molecule has 3 aromatic carbocycles. The van der Waals surface area contributed by atoms with Gasteiger partial charge in [0.05, 0.1) is 18.7 Å². The molecule has 8 heteroatoms. The van der Waals surface area contributed by atoms with Gasteiger partial charge in [-0.05, 0) is 60.2 Å². The number of anilines is 2. The van der Waals surface area contributed by atoms with Gasteiger partial charge in [-0.2, -0.15) is 0 Å². The molecule has 0 saturated carbocycles. The predicted octanol–water partition coefficient (Wildman–Crippen LogP) is 3.99. The van der Waals surface area contributed by atoms with Gasteiger partial charge in [-0.15, -0.1) is 0 Å². The average Bonchev–Trinajstić information content (AvgIpc) is 2.81. The second kappa shape index (κ2) is 8.29. The Kier molecular flexibility index (Phi) is 5.30. The number of carbonyl (C=O) groups excluding carboxylic acids is 2. The Labute approximate surface area is 189 Å². The van der Waals surface area contributed by atoms with Crippen molar-refractivity contribution >= 4 is 23.3 Å². The number of halogens is 2. The lowest BCUT2D eigenvalue weighted by molar-refractivity contribution is -0.0241. The molecular weight excluding hydrogens is 428 g/mol. The van der Waals surface area contributed by atoms with E-state index in [1.807, 2.05) is 24.3 Å². The Morgan fingerprint density at radius 2 is 1.58 bits per heavy atom. The molecule has 0 spiro atoms. The summed E-state index contributed by atoms with van der Waals surface area (Å²) in [5.74, 6) is -1.31. The van der Waals surface area contributed by atoms with Gasteiger partial charge < -0.3 is 15.3 Å². The molecule has 2 aliphatic rings. The van der Waals surface area contributed by atoms with Gasteiger partial charge in [0.2, 0.25) is 0 Å². The standard InChI is InChI=1S/C25H21F2N3O3/c26-16-7-5-15(6-8-16)24(32)30-21-13-29(25(33)28-18-11-9-17(27)10-12-18)20-4-2-1-3-19(20)23(21)22(30)14-31/h1-12,21-23,31H,13-14H2,(H,28,33)/t21-,22+,23+/m0/s1. The smallest absolute Gasteiger partial charge is 0.326 e. The van der Waals surface area contributed by atoms with Crippen molar-refractivity contribution in [3.63, 3.8) is 0 Å². The fourth-order valence-electron chi connectivity index (χ4n) is 4.82. The maximum atomic E-state index is 13.3. The second-order valence-corrected chi connectivity index (χ2v) is 8.17. The first-order valence-electron chi connectivity index (χ1n) is 10.6. The zero-order chi connectivity index (χ0) is 23.1. The number of nitrogens with zero attached hydrogens (tertiary/aromatic N) is 2. The number of hydrogen-bond donors (Lipinski definition) is 2. The van der Waals surface area contributed by atoms with E-state index in [-0.39, 0.29) is 31.0 Å². The third-order valence-electron chi connectivity index (χ3n) is 6.35. The molecule has 3 aromatic rings. The number of amides is 3. The lowest BCUT2D eigenvalue weighted by Gasteiger charge is -2.58. The highest BCUT2D eigenvalue weighted by molar-refractivity contribution is 6.03. The van der Waals surface area contributed by atoms with Crippen LogP contribution in [0, 0.1) is 11.6 Å². The summed E-state index contributed by atoms with van der Waals surface area (Å²) in [6, 6.07) is 16.9. The molecule has 33 heavy (non-hydrogen) atoms. The van der Waals surface area contributed by atoms with Gasteiger partial charge in [0.15, 0.2) is 0 Å². The molecule has 2 N–H and O–H groups in total. The van der Waals surface area contributed by atoms with Crippen molar-refractivity contribution in [2.45, 2.75) is 18.0 Å². The Balaban J connectivity index is 1.46. The van der Waals surface area contributed by atoms with Crippen molar-refractivity contribution in [3.8, 4) is 0 Å². The third kappa shape index (κ3) is 3.62. The van der Waals surface area contributed by atoms with E-state index in [0.717, 1.165) is 5.56 Å². The quantitative estimate of drug-likeness (QED) is 0.635. The summed E-state index contributed by atoms with van der Waals surface area (Å²) in [7, 11) is 0. The normalized spacial score (nSPS) is 21.0. The number of benzene rings is 3. The highest BCUT2D eigenvalue weighted by atomic mass is 19.1. The molecule has 0 radical (unpaired) electrons. The first kappa shape index (κ1) is 21.1. The molecule has 3 atom stereocenters. The van der Waals surface area contributed by atoms with Crippen LogP contribution in [0.3, 0.4) is 0 Å². The average molecular weight is 449 g/mol. The second-order valence-electron chi connectivity index (χ2n) is 8.17. The van der Waals surface area contributed by atoms with Crippen LogP contribution < -0.4 is 10.2 Å². The molecule has 0 aromatic heterocycles. The van der Waals surface area contributed by atoms with Gasteiger partial charge in [0, 0.05) is 29.4 Å². The van der Waals surface area contributed by atoms with Crippen molar-refractivity contribution in [1.29, 1.82) is 0 Å². The highest BCUT2D eigenvalue weighted by Gasteiger charge is 2.55. The summed E-state index contributed by atoms with van der Waals surface area (Å²) in [4.78, 5) is 29.5. The van der Waals surface area contributed by atoms with Crippen LogP contribution in [0.15, 0.2) is 72.8 Å². The number of carbonyl (C=O) groups is 2. The number of urea groups is 1. The van der Waals surface area contributed by atoms with Crippen molar-refractivity contribution in [1.82, 2.24) is 4.90 Å². The van der Waals surface area contributed by atoms with E-state index in [2.05, 4.69) is 5.32 Å². The van der Waals surface area contributed by atoms with Gasteiger partial charge in [0.25, 0.3) is 5.91 Å². The zero-order valence-corrected chi connectivity index (χ0v) is 17.5. The fourth-order valence-corrected chi connectivity index (χ4v) is 4.82. The van der Waals surface area contributed by atoms with E-state index in [9.17, 15) is 23.5 Å². The highest BCUT2D eigenvalue weighted by Crippen LogP contribution is 2.48. The Bertz CT molecular complexity index is 1200. The number of aliphatic hydroxyl groups excluding tert-OH is 1. The number of fused-ring (bicyclic) bond motifs is 3. The minimum Gasteiger partial charge on any atom is -0.394 e. The van der Waals surface area contributed by atoms with Crippen LogP contribution in [0.25, 0.3) is 0 Å². The molecule has 0 bridgehead atoms. The van der Waals surface area contributed by atoms with E-state index >= 15 is 0 Å². The van der Waals surface area contributed by atoms with E-state index < -0.39 is 23.7 Å². The number of likely N-dealkylation sites (tertiary alicyclic amines) is 1. The summed E-state index contributed by atoms with van der Waals surface area (Å²) in [5, 5.41) is 12.8. The van der Waals surface area contributed by atoms with Crippen molar-refractivity contribution < 1.29 is 23.5 Å². The molecule has 1 fully saturated rings. The molecular formula is C25H21F2N3O3. The van der Waals surface area contributed by atoms with Crippen LogP contribution in [-0.4, -0.2) is 47.2 Å². The van der Waals surface area contributed by atoms with Gasteiger partial charge in [-0.3, -0.25) is 9.69 Å². The largest absolute Gasteiger partial charge is 0.394 e. The van der Waals surface area contributed by atoms with Crippen molar-refractivity contribution in [2.75, 3.05) is 23.4 Å². The van der Waals surface area contributed by atoms with E-state index in [1.165, 1.54) is 48.5 Å². The summed E-state index contributed by atoms with van der Waals surface area (Å²) >= 11 is 0. The maximum absolute atomic E-state index is 13.3. The maximum Gasteiger partial charge on any atom is 0.326 e. The predicted molar refractivity (Wildman–Crippen MR) is 119 cm³/mol.